The van der Waals surface area contributed by atoms with Crippen LogP contribution in [0, 0.1) is 25.2 Å². The third kappa shape index (κ3) is 4.04. The van der Waals surface area contributed by atoms with Gasteiger partial charge in [0.2, 0.25) is 5.95 Å². The van der Waals surface area contributed by atoms with Gasteiger partial charge in [-0.3, -0.25) is 9.36 Å². The molecule has 10 heteroatoms. The first-order valence-corrected chi connectivity index (χ1v) is 10.5. The zero-order chi connectivity index (χ0) is 23.7. The average molecular weight is 461 g/mol. The molecule has 2 heterocycles. The zero-order valence-corrected chi connectivity index (χ0v) is 18.8. The van der Waals surface area contributed by atoms with Crippen molar-refractivity contribution in [3.63, 3.8) is 0 Å². The third-order valence-electron chi connectivity index (χ3n) is 5.44. The minimum absolute atomic E-state index is 0.00161. The highest BCUT2D eigenvalue weighted by Crippen LogP contribution is 2.23. The van der Waals surface area contributed by atoms with Crippen LogP contribution in [0.1, 0.15) is 22.5 Å². The van der Waals surface area contributed by atoms with Crippen molar-refractivity contribution in [2.45, 2.75) is 20.3 Å². The summed E-state index contributed by atoms with van der Waals surface area (Å²) in [6, 6.07) is 12.9. The van der Waals surface area contributed by atoms with E-state index >= 15 is 0 Å². The summed E-state index contributed by atoms with van der Waals surface area (Å²) in [7, 11) is 0. The number of nitrogen functional groups attached to an aromatic ring is 2. The maximum atomic E-state index is 13.6. The Hall–Kier alpha value is -4.16. The van der Waals surface area contributed by atoms with Gasteiger partial charge in [-0.15, -0.1) is 0 Å². The quantitative estimate of drug-likeness (QED) is 0.411. The molecule has 0 saturated carbocycles. The van der Waals surface area contributed by atoms with E-state index in [-0.39, 0.29) is 28.7 Å². The number of hydrogen-bond acceptors (Lipinski definition) is 8. The standard InChI is InChI=1S/C23H21ClN8O/c1-12-5-3-8-17(13(12)2)32-18(29-16-7-4-6-15(24)19(16)22(32)33)9-10-28-21-14(11-25)20(26)30-23(27)31-21/h3-8H,9-10H2,1-2H3,(H5,26,27,28,30,31). The Morgan fingerprint density at radius 3 is 2.64 bits per heavy atom. The summed E-state index contributed by atoms with van der Waals surface area (Å²) in [5.74, 6) is 0.717. The minimum Gasteiger partial charge on any atom is -0.382 e. The summed E-state index contributed by atoms with van der Waals surface area (Å²) in [4.78, 5) is 26.2. The van der Waals surface area contributed by atoms with Crippen molar-refractivity contribution in [2.24, 2.45) is 0 Å². The van der Waals surface area contributed by atoms with E-state index in [2.05, 4.69) is 15.3 Å². The SMILES string of the molecule is Cc1cccc(-n2c(CCNc3nc(N)nc(N)c3C#N)nc3cccc(Cl)c3c2=O)c1C. The van der Waals surface area contributed by atoms with Gasteiger partial charge >= 0.3 is 0 Å². The molecule has 0 amide bonds. The molecule has 0 saturated heterocycles. The van der Waals surface area contributed by atoms with E-state index < -0.39 is 0 Å². The molecular formula is C23H21ClN8O. The van der Waals surface area contributed by atoms with Crippen molar-refractivity contribution in [2.75, 3.05) is 23.3 Å². The largest absolute Gasteiger partial charge is 0.382 e. The summed E-state index contributed by atoms with van der Waals surface area (Å²) >= 11 is 6.36. The van der Waals surface area contributed by atoms with Gasteiger partial charge in [0.25, 0.3) is 5.56 Å². The van der Waals surface area contributed by atoms with Gasteiger partial charge in [-0.05, 0) is 43.2 Å². The van der Waals surface area contributed by atoms with E-state index in [1.165, 1.54) is 0 Å². The van der Waals surface area contributed by atoms with Crippen molar-refractivity contribution >= 4 is 40.1 Å². The van der Waals surface area contributed by atoms with Gasteiger partial charge in [0.1, 0.15) is 23.3 Å². The third-order valence-corrected chi connectivity index (χ3v) is 5.76. The highest BCUT2D eigenvalue weighted by atomic mass is 35.5. The molecule has 4 aromatic rings. The van der Waals surface area contributed by atoms with Gasteiger partial charge in [0.05, 0.1) is 21.6 Å². The summed E-state index contributed by atoms with van der Waals surface area (Å²) in [5, 5.41) is 13.1. The highest BCUT2D eigenvalue weighted by molar-refractivity contribution is 6.35. The number of rotatable bonds is 5. The molecule has 0 bridgehead atoms. The second kappa shape index (κ2) is 8.76. The summed E-state index contributed by atoms with van der Waals surface area (Å²) < 4.78 is 1.59. The first kappa shape index (κ1) is 22.0. The molecule has 0 aliphatic rings. The predicted molar refractivity (Wildman–Crippen MR) is 130 cm³/mol. The smallest absolute Gasteiger partial charge is 0.267 e. The van der Waals surface area contributed by atoms with Crippen LogP contribution in [0.25, 0.3) is 16.6 Å². The van der Waals surface area contributed by atoms with E-state index in [0.717, 1.165) is 16.8 Å². The van der Waals surface area contributed by atoms with Crippen molar-refractivity contribution in [1.29, 1.82) is 5.26 Å². The van der Waals surface area contributed by atoms with E-state index in [0.29, 0.717) is 34.7 Å². The molecule has 33 heavy (non-hydrogen) atoms. The summed E-state index contributed by atoms with van der Waals surface area (Å²) in [5.41, 5.74) is 14.6. The first-order chi connectivity index (χ1) is 15.8. The fourth-order valence-corrected chi connectivity index (χ4v) is 3.91. The van der Waals surface area contributed by atoms with Crippen molar-refractivity contribution in [3.8, 4) is 11.8 Å². The number of benzene rings is 2. The maximum Gasteiger partial charge on any atom is 0.267 e. The molecule has 4 rings (SSSR count). The van der Waals surface area contributed by atoms with Crippen molar-refractivity contribution in [1.82, 2.24) is 19.5 Å². The number of aryl methyl sites for hydroxylation is 1. The molecule has 2 aromatic carbocycles. The predicted octanol–water partition coefficient (Wildman–Crippen LogP) is 3.14. The normalized spacial score (nSPS) is 10.8. The minimum atomic E-state index is -0.248. The molecule has 0 spiro atoms. The lowest BCUT2D eigenvalue weighted by Gasteiger charge is -2.17. The van der Waals surface area contributed by atoms with Crippen LogP contribution in [0.2, 0.25) is 5.02 Å². The van der Waals surface area contributed by atoms with Crippen LogP contribution < -0.4 is 22.3 Å². The molecule has 0 atom stereocenters. The molecule has 166 valence electrons. The number of fused-ring (bicyclic) bond motifs is 1. The number of nitrogens with one attached hydrogen (secondary N) is 1. The molecule has 2 aromatic heterocycles. The number of aromatic nitrogens is 4. The molecule has 0 fully saturated rings. The molecule has 0 aliphatic carbocycles. The average Bonchev–Trinajstić information content (AvgIpc) is 2.76. The Morgan fingerprint density at radius 2 is 1.88 bits per heavy atom. The zero-order valence-electron chi connectivity index (χ0n) is 18.1. The Bertz CT molecular complexity index is 1490. The first-order valence-electron chi connectivity index (χ1n) is 10.2. The summed E-state index contributed by atoms with van der Waals surface area (Å²) in [6.07, 6.45) is 0.347. The van der Waals surface area contributed by atoms with Gasteiger partial charge in [-0.1, -0.05) is 29.8 Å². The van der Waals surface area contributed by atoms with Crippen LogP contribution in [-0.2, 0) is 6.42 Å². The number of hydrogen-bond donors (Lipinski definition) is 3. The van der Waals surface area contributed by atoms with E-state index in [4.69, 9.17) is 28.1 Å². The molecule has 0 unspecified atom stereocenters. The van der Waals surface area contributed by atoms with E-state index in [9.17, 15) is 10.1 Å². The van der Waals surface area contributed by atoms with Gasteiger partial charge in [-0.25, -0.2) is 4.98 Å². The van der Waals surface area contributed by atoms with Crippen LogP contribution in [0.5, 0.6) is 0 Å². The highest BCUT2D eigenvalue weighted by Gasteiger charge is 2.17. The lowest BCUT2D eigenvalue weighted by atomic mass is 10.1. The summed E-state index contributed by atoms with van der Waals surface area (Å²) in [6.45, 7) is 4.26. The van der Waals surface area contributed by atoms with Crippen LogP contribution in [0.3, 0.4) is 0 Å². The Labute approximate surface area is 194 Å². The molecule has 0 aliphatic heterocycles. The van der Waals surface area contributed by atoms with Crippen molar-refractivity contribution < 1.29 is 0 Å². The fraction of sp³-hybridized carbons (Fsp3) is 0.174. The van der Waals surface area contributed by atoms with E-state index in [1.807, 2.05) is 38.1 Å². The number of nitriles is 1. The topological polar surface area (TPSA) is 149 Å². The van der Waals surface area contributed by atoms with Crippen LogP contribution in [-0.4, -0.2) is 26.1 Å². The molecule has 5 N–H and O–H groups in total. The second-order valence-electron chi connectivity index (χ2n) is 7.50. The Balaban J connectivity index is 1.80. The van der Waals surface area contributed by atoms with Gasteiger partial charge in [-0.2, -0.15) is 15.2 Å². The lowest BCUT2D eigenvalue weighted by molar-refractivity contribution is 0.804. The fourth-order valence-electron chi connectivity index (χ4n) is 3.66. The molecule has 0 radical (unpaired) electrons. The van der Waals surface area contributed by atoms with E-state index in [1.54, 1.807) is 22.8 Å². The Kier molecular flexibility index (Phi) is 5.85. The Morgan fingerprint density at radius 1 is 1.12 bits per heavy atom. The number of nitrogens with two attached hydrogens (primary N) is 2. The van der Waals surface area contributed by atoms with Gasteiger partial charge in [0.15, 0.2) is 5.82 Å². The number of halogens is 1. The second-order valence-corrected chi connectivity index (χ2v) is 7.91. The lowest BCUT2D eigenvalue weighted by Crippen LogP contribution is -2.26. The van der Waals surface area contributed by atoms with Crippen LogP contribution in [0.4, 0.5) is 17.6 Å². The van der Waals surface area contributed by atoms with Gasteiger partial charge < -0.3 is 16.8 Å². The molecule has 9 nitrogen and oxygen atoms in total. The number of nitrogens with zero attached hydrogens (tertiary/aromatic N) is 5. The van der Waals surface area contributed by atoms with Crippen LogP contribution >= 0.6 is 11.6 Å². The number of anilines is 3. The molecular weight excluding hydrogens is 440 g/mol. The maximum absolute atomic E-state index is 13.6. The van der Waals surface area contributed by atoms with Gasteiger partial charge in [0, 0.05) is 13.0 Å². The van der Waals surface area contributed by atoms with Crippen LogP contribution in [0.15, 0.2) is 41.2 Å². The van der Waals surface area contributed by atoms with Crippen molar-refractivity contribution in [3.05, 3.63) is 74.3 Å². The monoisotopic (exact) mass is 460 g/mol.